The number of benzene rings is 1. The Labute approximate surface area is 104 Å². The van der Waals surface area contributed by atoms with E-state index in [4.69, 9.17) is 5.11 Å². The second-order valence-electron chi connectivity index (χ2n) is 3.18. The quantitative estimate of drug-likeness (QED) is 0.668. The molecule has 1 rings (SSSR count). The van der Waals surface area contributed by atoms with Crippen molar-refractivity contribution in [2.45, 2.75) is 4.90 Å². The van der Waals surface area contributed by atoms with Crippen LogP contribution in [0.5, 0.6) is 0 Å². The minimum atomic E-state index is -3.81. The molecule has 0 aromatic heterocycles. The lowest BCUT2D eigenvalue weighted by atomic mass is 10.1. The van der Waals surface area contributed by atoms with E-state index in [1.54, 1.807) is 0 Å². The van der Waals surface area contributed by atoms with Gasteiger partial charge in [0.25, 0.3) is 5.78 Å². The van der Waals surface area contributed by atoms with Crippen molar-refractivity contribution in [1.29, 1.82) is 0 Å². The van der Waals surface area contributed by atoms with Crippen molar-refractivity contribution in [3.05, 3.63) is 28.0 Å². The molecule has 5 nitrogen and oxygen atoms in total. The van der Waals surface area contributed by atoms with Crippen molar-refractivity contribution in [2.75, 3.05) is 6.26 Å². The van der Waals surface area contributed by atoms with Crippen LogP contribution >= 0.6 is 15.9 Å². The van der Waals surface area contributed by atoms with Gasteiger partial charge in [-0.2, -0.15) is 0 Å². The van der Waals surface area contributed by atoms with E-state index in [1.807, 2.05) is 0 Å². The molecule has 0 aliphatic rings. The van der Waals surface area contributed by atoms with Crippen LogP contribution in [-0.2, 0) is 14.6 Å². The number of rotatable bonds is 3. The van der Waals surface area contributed by atoms with Crippen molar-refractivity contribution in [2.24, 2.45) is 0 Å². The first-order chi connectivity index (χ1) is 7.64. The van der Waals surface area contributed by atoms with Gasteiger partial charge in [0.2, 0.25) is 0 Å². The molecule has 17 heavy (non-hydrogen) atoms. The van der Waals surface area contributed by atoms with Gasteiger partial charge in [-0.3, -0.25) is 4.79 Å². The number of ketones is 1. The molecule has 0 bridgehead atoms. The fourth-order valence-corrected chi connectivity index (χ4v) is 3.31. The fourth-order valence-electron chi connectivity index (χ4n) is 1.17. The summed E-state index contributed by atoms with van der Waals surface area (Å²) in [6, 6.07) is 1.54. The Morgan fingerprint density at radius 2 is 1.88 bits per heavy atom. The molecule has 0 unspecified atom stereocenters. The number of halogens is 2. The number of hydrogen-bond donors (Lipinski definition) is 1. The van der Waals surface area contributed by atoms with Gasteiger partial charge in [0.15, 0.2) is 9.84 Å². The Hall–Kier alpha value is -1.28. The van der Waals surface area contributed by atoms with Crippen molar-refractivity contribution >= 4 is 37.5 Å². The van der Waals surface area contributed by atoms with E-state index in [-0.39, 0.29) is 4.47 Å². The van der Waals surface area contributed by atoms with Gasteiger partial charge in [-0.25, -0.2) is 17.6 Å². The van der Waals surface area contributed by atoms with Crippen LogP contribution in [0.4, 0.5) is 4.39 Å². The average Bonchev–Trinajstić information content (AvgIpc) is 2.12. The van der Waals surface area contributed by atoms with E-state index in [0.29, 0.717) is 6.07 Å². The van der Waals surface area contributed by atoms with Gasteiger partial charge >= 0.3 is 5.97 Å². The molecular formula is C9H6BrFO5S. The van der Waals surface area contributed by atoms with E-state index in [9.17, 15) is 22.4 Å². The molecule has 0 amide bonds. The van der Waals surface area contributed by atoms with Crippen LogP contribution in [0.15, 0.2) is 21.5 Å². The number of aliphatic carboxylic acids is 1. The molecule has 0 fully saturated rings. The highest BCUT2D eigenvalue weighted by molar-refractivity contribution is 9.10. The van der Waals surface area contributed by atoms with Crippen LogP contribution in [0.2, 0.25) is 0 Å². The normalized spacial score (nSPS) is 11.2. The Kier molecular flexibility index (Phi) is 3.68. The Balaban J connectivity index is 3.49. The first-order valence-electron chi connectivity index (χ1n) is 4.11. The number of carboxylic acids is 1. The summed E-state index contributed by atoms with van der Waals surface area (Å²) < 4.78 is 35.7. The third-order valence-corrected chi connectivity index (χ3v) is 3.87. The maximum Gasteiger partial charge on any atom is 0.377 e. The average molecular weight is 325 g/mol. The van der Waals surface area contributed by atoms with Crippen molar-refractivity contribution < 1.29 is 27.5 Å². The second-order valence-corrected chi connectivity index (χ2v) is 5.98. The summed E-state index contributed by atoms with van der Waals surface area (Å²) in [4.78, 5) is 20.9. The largest absolute Gasteiger partial charge is 0.475 e. The Morgan fingerprint density at radius 3 is 2.24 bits per heavy atom. The lowest BCUT2D eigenvalue weighted by Crippen LogP contribution is -2.14. The highest BCUT2D eigenvalue weighted by atomic mass is 79.9. The predicted molar refractivity (Wildman–Crippen MR) is 59.2 cm³/mol. The molecule has 0 aliphatic carbocycles. The minimum absolute atomic E-state index is 0.190. The second kappa shape index (κ2) is 4.53. The molecule has 0 heterocycles. The minimum Gasteiger partial charge on any atom is -0.475 e. The lowest BCUT2D eigenvalue weighted by Gasteiger charge is -2.05. The summed E-state index contributed by atoms with van der Waals surface area (Å²) in [5.41, 5.74) is -0.436. The summed E-state index contributed by atoms with van der Waals surface area (Å²) in [5, 5.41) is 8.44. The standard InChI is InChI=1S/C9H6BrFO5S/c1-17(15,16)8-5(10)2-4(3-6(8)11)7(12)9(13)14/h2-3H,1H3,(H,13,14). The van der Waals surface area contributed by atoms with Gasteiger partial charge in [0, 0.05) is 16.3 Å². The van der Waals surface area contributed by atoms with Crippen LogP contribution in [-0.4, -0.2) is 31.5 Å². The van der Waals surface area contributed by atoms with Crippen molar-refractivity contribution in [1.82, 2.24) is 0 Å². The summed E-state index contributed by atoms with van der Waals surface area (Å²) in [6.45, 7) is 0. The van der Waals surface area contributed by atoms with E-state index in [0.717, 1.165) is 12.3 Å². The van der Waals surface area contributed by atoms with Crippen LogP contribution in [0.25, 0.3) is 0 Å². The van der Waals surface area contributed by atoms with Gasteiger partial charge in [0.1, 0.15) is 10.7 Å². The van der Waals surface area contributed by atoms with Crippen molar-refractivity contribution in [3.63, 3.8) is 0 Å². The van der Waals surface area contributed by atoms with Crippen LogP contribution in [0.1, 0.15) is 10.4 Å². The molecular weight excluding hydrogens is 319 g/mol. The van der Waals surface area contributed by atoms with Gasteiger partial charge < -0.3 is 5.11 Å². The van der Waals surface area contributed by atoms with Crippen LogP contribution < -0.4 is 0 Å². The van der Waals surface area contributed by atoms with E-state index < -0.39 is 37.9 Å². The molecule has 1 aromatic carbocycles. The van der Waals surface area contributed by atoms with E-state index in [1.165, 1.54) is 0 Å². The summed E-state index contributed by atoms with van der Waals surface area (Å²) >= 11 is 2.79. The molecule has 0 saturated carbocycles. The number of Topliss-reactive ketones (excluding diaryl/α,β-unsaturated/α-hetero) is 1. The van der Waals surface area contributed by atoms with E-state index in [2.05, 4.69) is 15.9 Å². The molecule has 0 saturated heterocycles. The maximum absolute atomic E-state index is 13.5. The molecule has 8 heteroatoms. The molecule has 0 spiro atoms. The van der Waals surface area contributed by atoms with Gasteiger partial charge in [0.05, 0.1) is 0 Å². The highest BCUT2D eigenvalue weighted by Gasteiger charge is 2.23. The number of hydrogen-bond acceptors (Lipinski definition) is 4. The number of carbonyl (C=O) groups excluding carboxylic acids is 1. The zero-order valence-corrected chi connectivity index (χ0v) is 10.8. The third-order valence-electron chi connectivity index (χ3n) is 1.83. The number of sulfone groups is 1. The lowest BCUT2D eigenvalue weighted by molar-refractivity contribution is -0.131. The van der Waals surface area contributed by atoms with Crippen LogP contribution in [0.3, 0.4) is 0 Å². The Morgan fingerprint density at radius 1 is 1.35 bits per heavy atom. The summed E-state index contributed by atoms with van der Waals surface area (Å²) in [6.07, 6.45) is 0.800. The first-order valence-corrected chi connectivity index (χ1v) is 6.79. The number of carboxylic acid groups (broad SMARTS) is 1. The number of carbonyl (C=O) groups is 2. The molecule has 0 atom stereocenters. The Bertz CT molecular complexity index is 585. The fraction of sp³-hybridized carbons (Fsp3) is 0.111. The molecule has 0 aliphatic heterocycles. The zero-order valence-electron chi connectivity index (χ0n) is 8.40. The topological polar surface area (TPSA) is 88.5 Å². The van der Waals surface area contributed by atoms with Gasteiger partial charge in [-0.1, -0.05) is 0 Å². The van der Waals surface area contributed by atoms with Crippen LogP contribution in [0, 0.1) is 5.82 Å². The predicted octanol–water partition coefficient (Wildman–Crippen LogP) is 1.26. The first kappa shape index (κ1) is 13.8. The SMILES string of the molecule is CS(=O)(=O)c1c(F)cc(C(=O)C(=O)O)cc1Br. The molecule has 1 N–H and O–H groups in total. The van der Waals surface area contributed by atoms with Gasteiger partial charge in [-0.15, -0.1) is 0 Å². The maximum atomic E-state index is 13.5. The summed E-state index contributed by atoms with van der Waals surface area (Å²) in [7, 11) is -3.81. The zero-order chi connectivity index (χ0) is 13.4. The molecule has 1 aromatic rings. The smallest absolute Gasteiger partial charge is 0.377 e. The molecule has 92 valence electrons. The molecule has 0 radical (unpaired) electrons. The van der Waals surface area contributed by atoms with Crippen molar-refractivity contribution in [3.8, 4) is 0 Å². The highest BCUT2D eigenvalue weighted by Crippen LogP contribution is 2.26. The summed E-state index contributed by atoms with van der Waals surface area (Å²) in [5.74, 6) is -4.24. The monoisotopic (exact) mass is 324 g/mol. The third kappa shape index (κ3) is 2.89. The van der Waals surface area contributed by atoms with E-state index >= 15 is 0 Å². The van der Waals surface area contributed by atoms with Gasteiger partial charge in [-0.05, 0) is 28.1 Å².